The number of H-pyrrole nitrogens is 1. The van der Waals surface area contributed by atoms with E-state index in [1.54, 1.807) is 0 Å². The molecule has 0 aliphatic carbocycles. The second-order valence-electron chi connectivity index (χ2n) is 7.46. The van der Waals surface area contributed by atoms with Gasteiger partial charge in [0.15, 0.2) is 11.6 Å². The number of alkyl halides is 3. The minimum absolute atomic E-state index is 0.0519. The van der Waals surface area contributed by atoms with E-state index in [0.717, 1.165) is 26.2 Å². The van der Waals surface area contributed by atoms with Crippen molar-refractivity contribution in [3.63, 3.8) is 0 Å². The van der Waals surface area contributed by atoms with Crippen molar-refractivity contribution in [1.82, 2.24) is 19.9 Å². The van der Waals surface area contributed by atoms with Gasteiger partial charge in [-0.1, -0.05) is 13.8 Å². The van der Waals surface area contributed by atoms with Gasteiger partial charge in [-0.3, -0.25) is 4.79 Å². The van der Waals surface area contributed by atoms with Gasteiger partial charge in [-0.2, -0.15) is 13.2 Å². The van der Waals surface area contributed by atoms with Gasteiger partial charge in [-0.15, -0.1) is 0 Å². The standard InChI is InChI=1S/C19H17F5N4O2/c1-18(2,19(22,23)24)9(4-15(29)30)3-14-13(21)8-27-17(28-14)12-7-26-16-11(12)5-10(20)6-25-16/h5-9H,3-4H2,1-2H3,(H,25,26)(H,29,30). The Bertz CT molecular complexity index is 1090. The van der Waals surface area contributed by atoms with Crippen LogP contribution in [0.15, 0.2) is 24.7 Å². The van der Waals surface area contributed by atoms with E-state index >= 15 is 0 Å². The number of carbonyl (C=O) groups is 1. The zero-order valence-corrected chi connectivity index (χ0v) is 15.9. The quantitative estimate of drug-likeness (QED) is 0.564. The topological polar surface area (TPSA) is 91.8 Å². The van der Waals surface area contributed by atoms with E-state index in [9.17, 15) is 26.7 Å². The number of halogens is 5. The molecule has 0 radical (unpaired) electrons. The smallest absolute Gasteiger partial charge is 0.394 e. The Morgan fingerprint density at radius 2 is 1.90 bits per heavy atom. The first-order valence-corrected chi connectivity index (χ1v) is 8.83. The number of hydrogen-bond acceptors (Lipinski definition) is 4. The lowest BCUT2D eigenvalue weighted by Gasteiger charge is -2.35. The molecule has 0 fully saturated rings. The number of aromatic nitrogens is 4. The van der Waals surface area contributed by atoms with Crippen molar-refractivity contribution in [2.24, 2.45) is 11.3 Å². The van der Waals surface area contributed by atoms with E-state index in [-0.39, 0.29) is 17.1 Å². The van der Waals surface area contributed by atoms with Gasteiger partial charge in [0.25, 0.3) is 0 Å². The van der Waals surface area contributed by atoms with Gasteiger partial charge in [-0.05, 0) is 18.4 Å². The molecule has 3 aromatic rings. The normalized spacial score (nSPS) is 13.6. The van der Waals surface area contributed by atoms with Gasteiger partial charge in [-0.25, -0.2) is 23.7 Å². The summed E-state index contributed by atoms with van der Waals surface area (Å²) >= 11 is 0. The van der Waals surface area contributed by atoms with E-state index in [2.05, 4.69) is 19.9 Å². The number of aliphatic carboxylic acids is 1. The van der Waals surface area contributed by atoms with Crippen LogP contribution < -0.4 is 0 Å². The maximum absolute atomic E-state index is 14.3. The molecule has 11 heteroatoms. The van der Waals surface area contributed by atoms with Crippen LogP contribution in [0.2, 0.25) is 0 Å². The van der Waals surface area contributed by atoms with E-state index in [4.69, 9.17) is 5.11 Å². The summed E-state index contributed by atoms with van der Waals surface area (Å²) in [5.74, 6) is -4.56. The summed E-state index contributed by atoms with van der Waals surface area (Å²) in [6, 6.07) is 1.17. The first kappa shape index (κ1) is 21.6. The number of nitrogens with zero attached hydrogens (tertiary/aromatic N) is 3. The molecule has 30 heavy (non-hydrogen) atoms. The van der Waals surface area contributed by atoms with Crippen LogP contribution in [0.25, 0.3) is 22.4 Å². The van der Waals surface area contributed by atoms with Crippen molar-refractivity contribution in [2.75, 3.05) is 0 Å². The molecule has 160 valence electrons. The average Bonchev–Trinajstić information content (AvgIpc) is 3.04. The van der Waals surface area contributed by atoms with Gasteiger partial charge in [0.2, 0.25) is 0 Å². The number of hydrogen-bond donors (Lipinski definition) is 2. The maximum Gasteiger partial charge on any atom is 0.394 e. The predicted octanol–water partition coefficient (Wildman–Crippen LogP) is 4.52. The zero-order valence-electron chi connectivity index (χ0n) is 15.9. The molecule has 0 aromatic carbocycles. The Labute approximate surface area is 167 Å². The summed E-state index contributed by atoms with van der Waals surface area (Å²) in [6.07, 6.45) is -2.90. The molecule has 1 atom stereocenters. The van der Waals surface area contributed by atoms with Crippen molar-refractivity contribution >= 4 is 17.0 Å². The van der Waals surface area contributed by atoms with Crippen LogP contribution in [0.4, 0.5) is 22.0 Å². The third-order valence-corrected chi connectivity index (χ3v) is 5.17. The van der Waals surface area contributed by atoms with E-state index < -0.39 is 48.0 Å². The number of carboxylic acids is 1. The van der Waals surface area contributed by atoms with Crippen molar-refractivity contribution in [1.29, 1.82) is 0 Å². The Hall–Kier alpha value is -3.11. The lowest BCUT2D eigenvalue weighted by molar-refractivity contribution is -0.230. The van der Waals surface area contributed by atoms with Crippen LogP contribution in [-0.2, 0) is 11.2 Å². The molecule has 3 aromatic heterocycles. The van der Waals surface area contributed by atoms with Crippen molar-refractivity contribution < 1.29 is 31.9 Å². The predicted molar refractivity (Wildman–Crippen MR) is 96.3 cm³/mol. The summed E-state index contributed by atoms with van der Waals surface area (Å²) in [7, 11) is 0. The van der Waals surface area contributed by atoms with Crippen LogP contribution in [0, 0.1) is 23.0 Å². The molecule has 0 saturated heterocycles. The molecular formula is C19H17F5N4O2. The number of fused-ring (bicyclic) bond motifs is 1. The molecule has 3 heterocycles. The van der Waals surface area contributed by atoms with E-state index in [1.165, 1.54) is 12.3 Å². The first-order chi connectivity index (χ1) is 13.9. The fourth-order valence-electron chi connectivity index (χ4n) is 3.10. The van der Waals surface area contributed by atoms with E-state index in [0.29, 0.717) is 11.0 Å². The average molecular weight is 428 g/mol. The number of rotatable bonds is 6. The Morgan fingerprint density at radius 1 is 1.20 bits per heavy atom. The molecule has 0 aliphatic heterocycles. The fraction of sp³-hybridized carbons (Fsp3) is 0.368. The highest BCUT2D eigenvalue weighted by Crippen LogP contribution is 2.46. The molecule has 0 spiro atoms. The second kappa shape index (κ2) is 7.62. The zero-order chi connectivity index (χ0) is 22.3. The number of nitrogens with one attached hydrogen (secondary N) is 1. The highest BCUT2D eigenvalue weighted by Gasteiger charge is 2.52. The second-order valence-corrected chi connectivity index (χ2v) is 7.46. The molecule has 1 unspecified atom stereocenters. The van der Waals surface area contributed by atoms with E-state index in [1.807, 2.05) is 0 Å². The Balaban J connectivity index is 2.03. The maximum atomic E-state index is 14.3. The van der Waals surface area contributed by atoms with Crippen molar-refractivity contribution in [2.45, 2.75) is 32.9 Å². The van der Waals surface area contributed by atoms with Crippen LogP contribution in [0.3, 0.4) is 0 Å². The fourth-order valence-corrected chi connectivity index (χ4v) is 3.10. The lowest BCUT2D eigenvalue weighted by atomic mass is 9.74. The summed E-state index contributed by atoms with van der Waals surface area (Å²) in [4.78, 5) is 25.7. The SMILES string of the molecule is CC(C)(C(CC(=O)O)Cc1nc(-c2c[nH]c3ncc(F)cc23)ncc1F)C(F)(F)F. The highest BCUT2D eigenvalue weighted by molar-refractivity contribution is 5.91. The number of carboxylic acid groups (broad SMARTS) is 1. The minimum Gasteiger partial charge on any atom is -0.481 e. The number of pyridine rings is 1. The van der Waals surface area contributed by atoms with Crippen LogP contribution in [-0.4, -0.2) is 37.2 Å². The molecule has 0 aliphatic rings. The van der Waals surface area contributed by atoms with Gasteiger partial charge < -0.3 is 10.1 Å². The highest BCUT2D eigenvalue weighted by atomic mass is 19.4. The van der Waals surface area contributed by atoms with Gasteiger partial charge >= 0.3 is 12.1 Å². The third kappa shape index (κ3) is 4.10. The first-order valence-electron chi connectivity index (χ1n) is 8.83. The molecular weight excluding hydrogens is 411 g/mol. The summed E-state index contributed by atoms with van der Waals surface area (Å²) < 4.78 is 68.3. The van der Waals surface area contributed by atoms with Crippen molar-refractivity contribution in [3.8, 4) is 11.4 Å². The third-order valence-electron chi connectivity index (χ3n) is 5.17. The van der Waals surface area contributed by atoms with Gasteiger partial charge in [0.1, 0.15) is 11.5 Å². The lowest BCUT2D eigenvalue weighted by Crippen LogP contribution is -2.41. The van der Waals surface area contributed by atoms with Crippen molar-refractivity contribution in [3.05, 3.63) is 42.0 Å². The monoisotopic (exact) mass is 428 g/mol. The molecule has 3 rings (SSSR count). The largest absolute Gasteiger partial charge is 0.481 e. The Morgan fingerprint density at radius 3 is 2.53 bits per heavy atom. The van der Waals surface area contributed by atoms with Gasteiger partial charge in [0, 0.05) is 23.6 Å². The molecule has 0 bridgehead atoms. The molecule has 6 nitrogen and oxygen atoms in total. The van der Waals surface area contributed by atoms with Gasteiger partial charge in [0.05, 0.1) is 23.5 Å². The number of aromatic amines is 1. The summed E-state index contributed by atoms with van der Waals surface area (Å²) in [5, 5.41) is 9.38. The van der Waals surface area contributed by atoms with Crippen LogP contribution >= 0.6 is 0 Å². The molecule has 2 N–H and O–H groups in total. The molecule has 0 amide bonds. The molecule has 0 saturated carbocycles. The minimum atomic E-state index is -4.71. The summed E-state index contributed by atoms with van der Waals surface area (Å²) in [6.45, 7) is 1.74. The van der Waals surface area contributed by atoms with Crippen LogP contribution in [0.1, 0.15) is 26.0 Å². The summed E-state index contributed by atoms with van der Waals surface area (Å²) in [5.41, 5.74) is -2.16. The van der Waals surface area contributed by atoms with Crippen LogP contribution in [0.5, 0.6) is 0 Å². The Kier molecular flexibility index (Phi) is 5.48.